The van der Waals surface area contributed by atoms with Crippen molar-refractivity contribution in [3.05, 3.63) is 40.5 Å². The lowest BCUT2D eigenvalue weighted by Gasteiger charge is -2.13. The van der Waals surface area contributed by atoms with E-state index in [9.17, 15) is 13.2 Å². The second-order valence-electron chi connectivity index (χ2n) is 5.05. The molecule has 1 aromatic heterocycles. The van der Waals surface area contributed by atoms with E-state index in [1.165, 1.54) is 0 Å². The molecule has 0 aliphatic carbocycles. The van der Waals surface area contributed by atoms with Gasteiger partial charge in [-0.2, -0.15) is 18.2 Å². The van der Waals surface area contributed by atoms with Crippen LogP contribution in [0.4, 0.5) is 30.6 Å². The quantitative estimate of drug-likeness (QED) is 0.679. The molecule has 0 saturated heterocycles. The fraction of sp³-hybridized carbons (Fsp3) is 0.333. The Morgan fingerprint density at radius 3 is 2.58 bits per heavy atom. The van der Waals surface area contributed by atoms with Crippen molar-refractivity contribution in [3.8, 4) is 0 Å². The molecule has 0 unspecified atom stereocenters. The van der Waals surface area contributed by atoms with Crippen LogP contribution in [0.3, 0.4) is 0 Å². The number of anilines is 3. The van der Waals surface area contributed by atoms with Crippen LogP contribution in [0.5, 0.6) is 0 Å². The van der Waals surface area contributed by atoms with Crippen LogP contribution in [-0.4, -0.2) is 28.2 Å². The Labute approximate surface area is 141 Å². The zero-order chi connectivity index (χ0) is 17.7. The number of halogens is 4. The lowest BCUT2D eigenvalue weighted by Crippen LogP contribution is -2.14. The Balaban J connectivity index is 2.29. The first-order valence-corrected chi connectivity index (χ1v) is 7.51. The molecule has 2 aromatic rings. The molecule has 0 aliphatic rings. The molecule has 9 heteroatoms. The Morgan fingerprint density at radius 2 is 1.96 bits per heavy atom. The minimum atomic E-state index is -4.59. The van der Waals surface area contributed by atoms with Gasteiger partial charge in [0.25, 0.3) is 0 Å². The van der Waals surface area contributed by atoms with Crippen molar-refractivity contribution >= 4 is 29.1 Å². The zero-order valence-electron chi connectivity index (χ0n) is 12.8. The third-order valence-corrected chi connectivity index (χ3v) is 3.49. The number of benzene rings is 1. The van der Waals surface area contributed by atoms with Gasteiger partial charge in [0, 0.05) is 29.9 Å². The van der Waals surface area contributed by atoms with Gasteiger partial charge in [-0.05, 0) is 37.1 Å². The molecule has 0 atom stereocenters. The minimum Gasteiger partial charge on any atom is -0.396 e. The summed E-state index contributed by atoms with van der Waals surface area (Å²) in [5, 5.41) is 14.8. The number of aliphatic hydroxyl groups is 1. The van der Waals surface area contributed by atoms with E-state index in [0.717, 1.165) is 11.6 Å². The van der Waals surface area contributed by atoms with E-state index < -0.39 is 11.9 Å². The molecule has 0 bridgehead atoms. The summed E-state index contributed by atoms with van der Waals surface area (Å²) >= 11 is 5.93. The van der Waals surface area contributed by atoms with E-state index in [-0.39, 0.29) is 24.9 Å². The smallest absolute Gasteiger partial charge is 0.396 e. The van der Waals surface area contributed by atoms with Crippen molar-refractivity contribution in [1.82, 2.24) is 9.97 Å². The molecule has 0 saturated carbocycles. The summed E-state index contributed by atoms with van der Waals surface area (Å²) in [6.07, 6.45) is -4.22. The molecule has 0 spiro atoms. The zero-order valence-corrected chi connectivity index (χ0v) is 13.5. The molecule has 24 heavy (non-hydrogen) atoms. The molecule has 3 N–H and O–H groups in total. The molecule has 0 fully saturated rings. The van der Waals surface area contributed by atoms with Gasteiger partial charge < -0.3 is 15.7 Å². The minimum absolute atomic E-state index is 0.00514. The predicted molar refractivity (Wildman–Crippen MR) is 86.7 cm³/mol. The van der Waals surface area contributed by atoms with E-state index in [0.29, 0.717) is 17.1 Å². The molecule has 1 heterocycles. The second-order valence-corrected chi connectivity index (χ2v) is 5.46. The summed E-state index contributed by atoms with van der Waals surface area (Å²) in [6.45, 7) is 1.97. The monoisotopic (exact) mass is 360 g/mol. The lowest BCUT2D eigenvalue weighted by molar-refractivity contribution is -0.141. The number of nitrogens with one attached hydrogen (secondary N) is 2. The van der Waals surface area contributed by atoms with Gasteiger partial charge >= 0.3 is 6.18 Å². The first kappa shape index (κ1) is 18.3. The topological polar surface area (TPSA) is 70.1 Å². The van der Waals surface area contributed by atoms with Crippen molar-refractivity contribution in [2.75, 3.05) is 23.8 Å². The number of nitrogens with zero attached hydrogens (tertiary/aromatic N) is 2. The Bertz CT molecular complexity index is 710. The van der Waals surface area contributed by atoms with Gasteiger partial charge in [-0.15, -0.1) is 0 Å². The highest BCUT2D eigenvalue weighted by molar-refractivity contribution is 6.31. The number of aromatic nitrogens is 2. The molecule has 0 radical (unpaired) electrons. The van der Waals surface area contributed by atoms with Crippen LogP contribution in [0.25, 0.3) is 0 Å². The summed E-state index contributed by atoms with van der Waals surface area (Å²) in [5.74, 6) is -0.156. The Morgan fingerprint density at radius 1 is 1.21 bits per heavy atom. The summed E-state index contributed by atoms with van der Waals surface area (Å²) in [6, 6.07) is 5.83. The highest BCUT2D eigenvalue weighted by Gasteiger charge is 2.33. The second kappa shape index (κ2) is 7.67. The molecule has 5 nitrogen and oxygen atoms in total. The first-order valence-electron chi connectivity index (χ1n) is 7.14. The summed E-state index contributed by atoms with van der Waals surface area (Å²) in [5.41, 5.74) is 0.287. The molecular formula is C15H16ClF3N4O. The van der Waals surface area contributed by atoms with Crippen LogP contribution in [-0.2, 0) is 6.18 Å². The van der Waals surface area contributed by atoms with Gasteiger partial charge in [0.15, 0.2) is 5.69 Å². The molecule has 2 rings (SSSR count). The fourth-order valence-electron chi connectivity index (χ4n) is 1.89. The number of hydrogen-bond donors (Lipinski definition) is 3. The van der Waals surface area contributed by atoms with Crippen LogP contribution in [0, 0.1) is 6.92 Å². The molecule has 0 aliphatic heterocycles. The molecule has 130 valence electrons. The highest BCUT2D eigenvalue weighted by Crippen LogP contribution is 2.30. The summed E-state index contributed by atoms with van der Waals surface area (Å²) < 4.78 is 39.0. The predicted octanol–water partition coefficient (Wildman–Crippen LogP) is 4.00. The molecular weight excluding hydrogens is 345 g/mol. The van der Waals surface area contributed by atoms with Gasteiger partial charge in [0.05, 0.1) is 0 Å². The van der Waals surface area contributed by atoms with Crippen LogP contribution in [0.1, 0.15) is 17.7 Å². The third kappa shape index (κ3) is 4.97. The Hall–Kier alpha value is -2.06. The first-order chi connectivity index (χ1) is 11.3. The molecule has 0 amide bonds. The number of aryl methyl sites for hydroxylation is 1. The maximum Gasteiger partial charge on any atom is 0.433 e. The van der Waals surface area contributed by atoms with Crippen LogP contribution < -0.4 is 10.6 Å². The van der Waals surface area contributed by atoms with E-state index in [1.807, 2.05) is 0 Å². The maximum atomic E-state index is 13.0. The maximum absolute atomic E-state index is 13.0. The SMILES string of the molecule is Cc1cc(Nc2cc(C(F)(F)F)nc(NCCCO)n2)ccc1Cl. The van der Waals surface area contributed by atoms with Crippen molar-refractivity contribution in [2.45, 2.75) is 19.5 Å². The Kier molecular flexibility index (Phi) is 5.84. The number of rotatable bonds is 6. The molecule has 1 aromatic carbocycles. The van der Waals surface area contributed by atoms with Crippen molar-refractivity contribution < 1.29 is 18.3 Å². The van der Waals surface area contributed by atoms with Crippen molar-refractivity contribution in [1.29, 1.82) is 0 Å². The van der Waals surface area contributed by atoms with E-state index in [4.69, 9.17) is 16.7 Å². The van der Waals surface area contributed by atoms with Gasteiger partial charge in [0.1, 0.15) is 5.82 Å². The average Bonchev–Trinajstić information content (AvgIpc) is 2.50. The van der Waals surface area contributed by atoms with Crippen molar-refractivity contribution in [2.24, 2.45) is 0 Å². The lowest BCUT2D eigenvalue weighted by atomic mass is 10.2. The number of hydrogen-bond acceptors (Lipinski definition) is 5. The van der Waals surface area contributed by atoms with Crippen molar-refractivity contribution in [3.63, 3.8) is 0 Å². The summed E-state index contributed by atoms with van der Waals surface area (Å²) in [7, 11) is 0. The van der Waals surface area contributed by atoms with Gasteiger partial charge in [0.2, 0.25) is 5.95 Å². The highest BCUT2D eigenvalue weighted by atomic mass is 35.5. The normalized spacial score (nSPS) is 11.4. The summed E-state index contributed by atoms with van der Waals surface area (Å²) in [4.78, 5) is 7.48. The standard InChI is InChI=1S/C15H16ClF3N4O/c1-9-7-10(3-4-11(9)16)21-13-8-12(15(17,18)19)22-14(23-13)20-5-2-6-24/h3-4,7-8,24H,2,5-6H2,1H3,(H2,20,21,22,23). The van der Waals surface area contributed by atoms with Gasteiger partial charge in [-0.1, -0.05) is 11.6 Å². The number of alkyl halides is 3. The number of aliphatic hydroxyl groups excluding tert-OH is 1. The van der Waals surface area contributed by atoms with E-state index in [2.05, 4.69) is 20.6 Å². The van der Waals surface area contributed by atoms with Gasteiger partial charge in [-0.25, -0.2) is 4.98 Å². The van der Waals surface area contributed by atoms with Crippen LogP contribution in [0.2, 0.25) is 5.02 Å². The van der Waals surface area contributed by atoms with Crippen LogP contribution in [0.15, 0.2) is 24.3 Å². The van der Waals surface area contributed by atoms with E-state index in [1.54, 1.807) is 25.1 Å². The van der Waals surface area contributed by atoms with Gasteiger partial charge in [-0.3, -0.25) is 0 Å². The van der Waals surface area contributed by atoms with E-state index >= 15 is 0 Å². The average molecular weight is 361 g/mol. The third-order valence-electron chi connectivity index (χ3n) is 3.06. The largest absolute Gasteiger partial charge is 0.433 e. The fourth-order valence-corrected chi connectivity index (χ4v) is 2.00. The van der Waals surface area contributed by atoms with Crippen LogP contribution >= 0.6 is 11.6 Å².